The van der Waals surface area contributed by atoms with Gasteiger partial charge in [-0.2, -0.15) is 0 Å². The van der Waals surface area contributed by atoms with Crippen LogP contribution in [0.3, 0.4) is 0 Å². The van der Waals surface area contributed by atoms with E-state index in [4.69, 9.17) is 21.1 Å². The van der Waals surface area contributed by atoms with Crippen molar-refractivity contribution >= 4 is 23.4 Å². The number of rotatable bonds is 7. The minimum atomic E-state index is -0.412. The zero-order valence-electron chi connectivity index (χ0n) is 12.3. The van der Waals surface area contributed by atoms with Crippen LogP contribution in [0.1, 0.15) is 23.7 Å². The van der Waals surface area contributed by atoms with Crippen LogP contribution in [0.2, 0.25) is 5.02 Å². The van der Waals surface area contributed by atoms with Crippen LogP contribution in [-0.2, 0) is 4.79 Å². The Kier molecular flexibility index (Phi) is 6.81. The Hall–Kier alpha value is -1.95. The summed E-state index contributed by atoms with van der Waals surface area (Å²) in [4.78, 5) is 23.4. The monoisotopic (exact) mass is 314 g/mol. The van der Waals surface area contributed by atoms with Crippen molar-refractivity contribution in [3.8, 4) is 11.5 Å². The number of benzene rings is 1. The molecule has 0 saturated heterocycles. The van der Waals surface area contributed by atoms with Crippen molar-refractivity contribution in [1.82, 2.24) is 10.6 Å². The number of halogens is 1. The van der Waals surface area contributed by atoms with Crippen LogP contribution in [0.4, 0.5) is 0 Å². The first-order chi connectivity index (χ1) is 10.0. The molecule has 0 radical (unpaired) electrons. The highest BCUT2D eigenvalue weighted by Crippen LogP contribution is 2.35. The molecule has 0 aliphatic carbocycles. The number of hydrogen-bond acceptors (Lipinski definition) is 4. The fourth-order valence-electron chi connectivity index (χ4n) is 1.64. The van der Waals surface area contributed by atoms with E-state index in [1.54, 1.807) is 0 Å². The second-order valence-electron chi connectivity index (χ2n) is 4.23. The van der Waals surface area contributed by atoms with Gasteiger partial charge in [-0.1, -0.05) is 18.5 Å². The zero-order chi connectivity index (χ0) is 15.8. The fourth-order valence-corrected chi connectivity index (χ4v) is 1.93. The zero-order valence-corrected chi connectivity index (χ0v) is 13.0. The number of methoxy groups -OCH3 is 2. The number of amides is 2. The molecule has 0 aliphatic heterocycles. The number of carbonyl (C=O) groups excluding carboxylic acids is 2. The molecular weight excluding hydrogens is 296 g/mol. The van der Waals surface area contributed by atoms with E-state index in [0.29, 0.717) is 23.6 Å². The number of hydrogen-bond donors (Lipinski definition) is 2. The lowest BCUT2D eigenvalue weighted by Gasteiger charge is -2.12. The molecule has 0 aliphatic rings. The van der Waals surface area contributed by atoms with Gasteiger partial charge >= 0.3 is 0 Å². The van der Waals surface area contributed by atoms with Crippen molar-refractivity contribution in [3.05, 3.63) is 22.7 Å². The van der Waals surface area contributed by atoms with Gasteiger partial charge in [0, 0.05) is 12.1 Å². The predicted octanol–water partition coefficient (Wildman–Crippen LogP) is 1.61. The molecule has 0 saturated carbocycles. The summed E-state index contributed by atoms with van der Waals surface area (Å²) in [5, 5.41) is 5.45. The second-order valence-corrected chi connectivity index (χ2v) is 4.63. The van der Waals surface area contributed by atoms with Crippen molar-refractivity contribution in [2.75, 3.05) is 27.3 Å². The molecule has 2 N–H and O–H groups in total. The maximum absolute atomic E-state index is 12.0. The summed E-state index contributed by atoms with van der Waals surface area (Å²) < 4.78 is 10.2. The highest BCUT2D eigenvalue weighted by atomic mass is 35.5. The van der Waals surface area contributed by atoms with Crippen molar-refractivity contribution in [3.63, 3.8) is 0 Å². The molecule has 2 amide bonds. The average molecular weight is 315 g/mol. The third-order valence-electron chi connectivity index (χ3n) is 2.68. The summed E-state index contributed by atoms with van der Waals surface area (Å²) >= 11 is 6.02. The summed E-state index contributed by atoms with van der Waals surface area (Å²) in [6.45, 7) is 2.44. The average Bonchev–Trinajstić information content (AvgIpc) is 2.49. The predicted molar refractivity (Wildman–Crippen MR) is 80.2 cm³/mol. The molecule has 0 fully saturated rings. The van der Waals surface area contributed by atoms with E-state index in [9.17, 15) is 9.59 Å². The Morgan fingerprint density at radius 1 is 1.19 bits per heavy atom. The third-order valence-corrected chi connectivity index (χ3v) is 2.96. The van der Waals surface area contributed by atoms with Gasteiger partial charge < -0.3 is 20.1 Å². The van der Waals surface area contributed by atoms with Gasteiger partial charge in [0.1, 0.15) is 0 Å². The van der Waals surface area contributed by atoms with Crippen LogP contribution in [-0.4, -0.2) is 39.1 Å². The van der Waals surface area contributed by atoms with Crippen LogP contribution in [0, 0.1) is 0 Å². The summed E-state index contributed by atoms with van der Waals surface area (Å²) in [5.41, 5.74) is 0.293. The van der Waals surface area contributed by atoms with Crippen molar-refractivity contribution in [2.24, 2.45) is 0 Å². The minimum Gasteiger partial charge on any atom is -0.493 e. The standard InChI is InChI=1S/C14H19ClN2O4/c1-4-5-16-12(18)8-17-14(19)9-6-10(15)13(21-3)11(7-9)20-2/h6-7H,4-5,8H2,1-3H3,(H,16,18)(H,17,19). The van der Waals surface area contributed by atoms with Crippen LogP contribution in [0.15, 0.2) is 12.1 Å². The molecule has 7 heteroatoms. The summed E-state index contributed by atoms with van der Waals surface area (Å²) in [6.07, 6.45) is 0.838. The van der Waals surface area contributed by atoms with Crippen LogP contribution in [0.5, 0.6) is 11.5 Å². The number of carbonyl (C=O) groups is 2. The fraction of sp³-hybridized carbons (Fsp3) is 0.429. The quantitative estimate of drug-likeness (QED) is 0.801. The van der Waals surface area contributed by atoms with Gasteiger partial charge in [0.05, 0.1) is 25.8 Å². The van der Waals surface area contributed by atoms with Crippen LogP contribution in [0.25, 0.3) is 0 Å². The highest BCUT2D eigenvalue weighted by molar-refractivity contribution is 6.32. The Labute approximate surface area is 128 Å². The summed E-state index contributed by atoms with van der Waals surface area (Å²) in [7, 11) is 2.91. The van der Waals surface area contributed by atoms with E-state index in [1.807, 2.05) is 6.92 Å². The largest absolute Gasteiger partial charge is 0.493 e. The lowest BCUT2D eigenvalue weighted by molar-refractivity contribution is -0.120. The molecule has 0 spiro atoms. The summed E-state index contributed by atoms with van der Waals surface area (Å²) in [5.74, 6) is 0.0586. The SMILES string of the molecule is CCCNC(=O)CNC(=O)c1cc(Cl)c(OC)c(OC)c1. The maximum atomic E-state index is 12.0. The Bertz CT molecular complexity index is 520. The molecule has 1 aromatic carbocycles. The molecule has 21 heavy (non-hydrogen) atoms. The first kappa shape index (κ1) is 17.1. The Morgan fingerprint density at radius 2 is 1.90 bits per heavy atom. The molecule has 0 unspecified atom stereocenters. The van der Waals surface area contributed by atoms with Gasteiger partial charge in [-0.15, -0.1) is 0 Å². The van der Waals surface area contributed by atoms with Gasteiger partial charge in [0.15, 0.2) is 11.5 Å². The minimum absolute atomic E-state index is 0.0925. The van der Waals surface area contributed by atoms with E-state index in [2.05, 4.69) is 10.6 Å². The summed E-state index contributed by atoms with van der Waals surface area (Å²) in [6, 6.07) is 2.96. The first-order valence-electron chi connectivity index (χ1n) is 6.49. The normalized spacial score (nSPS) is 9.90. The highest BCUT2D eigenvalue weighted by Gasteiger charge is 2.15. The van der Waals surface area contributed by atoms with Crippen LogP contribution < -0.4 is 20.1 Å². The topological polar surface area (TPSA) is 76.7 Å². The third kappa shape index (κ3) is 4.82. The van der Waals surface area contributed by atoms with Crippen molar-refractivity contribution in [1.29, 1.82) is 0 Å². The molecule has 1 aromatic rings. The smallest absolute Gasteiger partial charge is 0.251 e. The molecule has 0 atom stereocenters. The van der Waals surface area contributed by atoms with E-state index in [0.717, 1.165) is 6.42 Å². The van der Waals surface area contributed by atoms with Gasteiger partial charge in [0.2, 0.25) is 5.91 Å². The van der Waals surface area contributed by atoms with Gasteiger partial charge in [0.25, 0.3) is 5.91 Å². The van der Waals surface area contributed by atoms with Gasteiger partial charge in [-0.05, 0) is 18.6 Å². The van der Waals surface area contributed by atoms with Gasteiger partial charge in [-0.25, -0.2) is 0 Å². The van der Waals surface area contributed by atoms with E-state index < -0.39 is 5.91 Å². The molecule has 6 nitrogen and oxygen atoms in total. The lowest BCUT2D eigenvalue weighted by atomic mass is 10.2. The van der Waals surface area contributed by atoms with E-state index in [1.165, 1.54) is 26.4 Å². The maximum Gasteiger partial charge on any atom is 0.251 e. The molecule has 0 aromatic heterocycles. The number of ether oxygens (including phenoxy) is 2. The second kappa shape index (κ2) is 8.36. The Morgan fingerprint density at radius 3 is 2.48 bits per heavy atom. The molecular formula is C14H19ClN2O4. The number of nitrogens with one attached hydrogen (secondary N) is 2. The van der Waals surface area contributed by atoms with Crippen molar-refractivity contribution in [2.45, 2.75) is 13.3 Å². The molecule has 0 bridgehead atoms. The molecule has 116 valence electrons. The van der Waals surface area contributed by atoms with E-state index >= 15 is 0 Å². The Balaban J connectivity index is 2.74. The lowest BCUT2D eigenvalue weighted by Crippen LogP contribution is -2.37. The van der Waals surface area contributed by atoms with Gasteiger partial charge in [-0.3, -0.25) is 9.59 Å². The molecule has 0 heterocycles. The van der Waals surface area contributed by atoms with Crippen LogP contribution >= 0.6 is 11.6 Å². The van der Waals surface area contributed by atoms with E-state index in [-0.39, 0.29) is 17.5 Å². The van der Waals surface area contributed by atoms with Crippen molar-refractivity contribution < 1.29 is 19.1 Å². The first-order valence-corrected chi connectivity index (χ1v) is 6.87. The molecule has 1 rings (SSSR count).